The summed E-state index contributed by atoms with van der Waals surface area (Å²) < 4.78 is 31.9. The summed E-state index contributed by atoms with van der Waals surface area (Å²) in [6, 6.07) is 6.40. The molecule has 0 radical (unpaired) electrons. The standard InChI is InChI=1S/C14H17NO5S/c16-8-3-5-12-4-1-2-6-14(12)21(18,19)15-7-9-20-13(10-15)11-17/h1-2,4,6,13,16-17H,7-11H2. The van der Waals surface area contributed by atoms with Gasteiger partial charge in [0.05, 0.1) is 24.2 Å². The molecule has 0 saturated carbocycles. The van der Waals surface area contributed by atoms with E-state index in [-0.39, 0.29) is 37.8 Å². The van der Waals surface area contributed by atoms with Crippen LogP contribution >= 0.6 is 0 Å². The lowest BCUT2D eigenvalue weighted by atomic mass is 10.2. The fourth-order valence-corrected chi connectivity index (χ4v) is 3.69. The lowest BCUT2D eigenvalue weighted by Crippen LogP contribution is -2.46. The van der Waals surface area contributed by atoms with Crippen LogP contribution in [0.1, 0.15) is 5.56 Å². The molecule has 1 atom stereocenters. The molecule has 1 unspecified atom stereocenters. The zero-order valence-electron chi connectivity index (χ0n) is 11.4. The maximum absolute atomic E-state index is 12.7. The number of hydrogen-bond donors (Lipinski definition) is 2. The third-order valence-corrected chi connectivity index (χ3v) is 5.04. The van der Waals surface area contributed by atoms with Crippen molar-refractivity contribution < 1.29 is 23.4 Å². The zero-order valence-corrected chi connectivity index (χ0v) is 12.2. The van der Waals surface area contributed by atoms with Crippen LogP contribution < -0.4 is 0 Å². The maximum Gasteiger partial charge on any atom is 0.244 e. The van der Waals surface area contributed by atoms with Crippen molar-refractivity contribution in [1.29, 1.82) is 0 Å². The van der Waals surface area contributed by atoms with Gasteiger partial charge in [-0.3, -0.25) is 0 Å². The van der Waals surface area contributed by atoms with Crippen LogP contribution in [0.3, 0.4) is 0 Å². The molecule has 114 valence electrons. The highest BCUT2D eigenvalue weighted by molar-refractivity contribution is 7.89. The minimum Gasteiger partial charge on any atom is -0.394 e. The highest BCUT2D eigenvalue weighted by atomic mass is 32.2. The summed E-state index contributed by atoms with van der Waals surface area (Å²) in [6.07, 6.45) is -0.510. The minimum absolute atomic E-state index is 0.101. The molecule has 21 heavy (non-hydrogen) atoms. The Balaban J connectivity index is 2.35. The average Bonchev–Trinajstić information content (AvgIpc) is 2.53. The van der Waals surface area contributed by atoms with Crippen molar-refractivity contribution in [1.82, 2.24) is 4.31 Å². The lowest BCUT2D eigenvalue weighted by Gasteiger charge is -2.31. The summed E-state index contributed by atoms with van der Waals surface area (Å²) in [5.74, 6) is 5.10. The smallest absolute Gasteiger partial charge is 0.244 e. The van der Waals surface area contributed by atoms with E-state index in [4.69, 9.17) is 14.9 Å². The van der Waals surface area contributed by atoms with E-state index < -0.39 is 16.1 Å². The molecule has 1 aliphatic heterocycles. The third-order valence-electron chi connectivity index (χ3n) is 3.11. The fourth-order valence-electron chi connectivity index (χ4n) is 2.09. The zero-order chi connectivity index (χ0) is 15.3. The molecule has 1 heterocycles. The Morgan fingerprint density at radius 2 is 2.10 bits per heavy atom. The summed E-state index contributed by atoms with van der Waals surface area (Å²) >= 11 is 0. The van der Waals surface area contributed by atoms with E-state index in [1.807, 2.05) is 0 Å². The van der Waals surface area contributed by atoms with Crippen molar-refractivity contribution >= 4 is 10.0 Å². The Morgan fingerprint density at radius 1 is 1.33 bits per heavy atom. The minimum atomic E-state index is -3.71. The number of benzene rings is 1. The Hall–Kier alpha value is -1.43. The van der Waals surface area contributed by atoms with Crippen molar-refractivity contribution in [2.75, 3.05) is 32.9 Å². The van der Waals surface area contributed by atoms with Gasteiger partial charge in [0.15, 0.2) is 0 Å². The summed E-state index contributed by atoms with van der Waals surface area (Å²) in [4.78, 5) is 0.101. The second kappa shape index (κ2) is 7.02. The molecule has 2 N–H and O–H groups in total. The number of nitrogens with zero attached hydrogens (tertiary/aromatic N) is 1. The van der Waals surface area contributed by atoms with Crippen molar-refractivity contribution in [3.8, 4) is 11.8 Å². The van der Waals surface area contributed by atoms with Gasteiger partial charge >= 0.3 is 0 Å². The highest BCUT2D eigenvalue weighted by Gasteiger charge is 2.31. The molecule has 0 amide bonds. The maximum atomic E-state index is 12.7. The van der Waals surface area contributed by atoms with Gasteiger partial charge in [-0.15, -0.1) is 0 Å². The summed E-state index contributed by atoms with van der Waals surface area (Å²) in [7, 11) is -3.71. The van der Waals surface area contributed by atoms with Gasteiger partial charge in [0.1, 0.15) is 6.61 Å². The van der Waals surface area contributed by atoms with Crippen LogP contribution in [0.4, 0.5) is 0 Å². The van der Waals surface area contributed by atoms with Gasteiger partial charge < -0.3 is 14.9 Å². The van der Waals surface area contributed by atoms with E-state index in [1.165, 1.54) is 10.4 Å². The van der Waals surface area contributed by atoms with Crippen LogP contribution in [0.15, 0.2) is 29.2 Å². The molecular formula is C14H17NO5S. The first-order valence-corrected chi connectivity index (χ1v) is 7.95. The molecule has 1 aliphatic rings. The molecule has 0 bridgehead atoms. The first-order valence-electron chi connectivity index (χ1n) is 6.51. The number of rotatable bonds is 3. The number of aliphatic hydroxyl groups is 2. The van der Waals surface area contributed by atoms with Gasteiger partial charge in [-0.05, 0) is 12.1 Å². The van der Waals surface area contributed by atoms with E-state index in [2.05, 4.69) is 11.8 Å². The molecule has 6 nitrogen and oxygen atoms in total. The molecule has 0 aromatic heterocycles. The molecule has 1 aromatic carbocycles. The summed E-state index contributed by atoms with van der Waals surface area (Å²) in [5.41, 5.74) is 0.346. The first-order chi connectivity index (χ1) is 10.1. The van der Waals surface area contributed by atoms with Gasteiger partial charge in [-0.25, -0.2) is 8.42 Å². The molecule has 1 aromatic rings. The third kappa shape index (κ3) is 3.61. The summed E-state index contributed by atoms with van der Waals surface area (Å²) in [5, 5.41) is 17.9. The molecule has 1 saturated heterocycles. The number of morpholine rings is 1. The van der Waals surface area contributed by atoms with Gasteiger partial charge in [-0.2, -0.15) is 4.31 Å². The molecule has 2 rings (SSSR count). The average molecular weight is 311 g/mol. The van der Waals surface area contributed by atoms with Crippen molar-refractivity contribution in [3.05, 3.63) is 29.8 Å². The number of hydrogen-bond acceptors (Lipinski definition) is 5. The fraction of sp³-hybridized carbons (Fsp3) is 0.429. The van der Waals surface area contributed by atoms with E-state index in [9.17, 15) is 8.42 Å². The molecule has 0 aliphatic carbocycles. The van der Waals surface area contributed by atoms with Crippen LogP contribution in [0, 0.1) is 11.8 Å². The van der Waals surface area contributed by atoms with Crippen LogP contribution in [-0.4, -0.2) is 62.0 Å². The monoisotopic (exact) mass is 311 g/mol. The van der Waals surface area contributed by atoms with Crippen LogP contribution in [0.25, 0.3) is 0 Å². The Bertz CT molecular complexity index is 647. The predicted molar refractivity (Wildman–Crippen MR) is 76.0 cm³/mol. The quantitative estimate of drug-likeness (QED) is 0.729. The SMILES string of the molecule is O=S(=O)(c1ccccc1C#CCO)N1CCOC(CO)C1. The van der Waals surface area contributed by atoms with E-state index >= 15 is 0 Å². The number of sulfonamides is 1. The Kier molecular flexibility index (Phi) is 5.33. The van der Waals surface area contributed by atoms with E-state index in [0.29, 0.717) is 5.56 Å². The van der Waals surface area contributed by atoms with Crippen LogP contribution in [0.5, 0.6) is 0 Å². The lowest BCUT2D eigenvalue weighted by molar-refractivity contribution is -0.0304. The van der Waals surface area contributed by atoms with Crippen LogP contribution in [-0.2, 0) is 14.8 Å². The second-order valence-corrected chi connectivity index (χ2v) is 6.40. The molecule has 1 fully saturated rings. The first kappa shape index (κ1) is 15.9. The van der Waals surface area contributed by atoms with Gasteiger partial charge in [0.25, 0.3) is 0 Å². The predicted octanol–water partition coefficient (Wildman–Crippen LogP) is -0.588. The van der Waals surface area contributed by atoms with Crippen molar-refractivity contribution in [2.24, 2.45) is 0 Å². The summed E-state index contributed by atoms with van der Waals surface area (Å²) in [6.45, 7) is 0.0344. The van der Waals surface area contributed by atoms with E-state index in [0.717, 1.165) is 0 Å². The topological polar surface area (TPSA) is 87.1 Å². The van der Waals surface area contributed by atoms with Gasteiger partial charge in [0.2, 0.25) is 10.0 Å². The highest BCUT2D eigenvalue weighted by Crippen LogP contribution is 2.21. The molecular weight excluding hydrogens is 294 g/mol. The molecule has 7 heteroatoms. The van der Waals surface area contributed by atoms with Crippen molar-refractivity contribution in [2.45, 2.75) is 11.0 Å². The number of ether oxygens (including phenoxy) is 1. The number of aliphatic hydroxyl groups excluding tert-OH is 2. The van der Waals surface area contributed by atoms with Gasteiger partial charge in [0, 0.05) is 18.7 Å². The van der Waals surface area contributed by atoms with Crippen LogP contribution in [0.2, 0.25) is 0 Å². The normalized spacial score (nSPS) is 19.8. The Labute approximate surface area is 124 Å². The second-order valence-electron chi connectivity index (χ2n) is 4.49. The largest absolute Gasteiger partial charge is 0.394 e. The molecule has 0 spiro atoms. The van der Waals surface area contributed by atoms with Gasteiger partial charge in [-0.1, -0.05) is 24.0 Å². The van der Waals surface area contributed by atoms with E-state index in [1.54, 1.807) is 18.2 Å². The Morgan fingerprint density at radius 3 is 2.81 bits per heavy atom. The van der Waals surface area contributed by atoms with Crippen molar-refractivity contribution in [3.63, 3.8) is 0 Å².